The summed E-state index contributed by atoms with van der Waals surface area (Å²) in [6, 6.07) is 4.75. The first-order valence-electron chi connectivity index (χ1n) is 7.09. The molecule has 4 heteroatoms. The van der Waals surface area contributed by atoms with Crippen LogP contribution in [0.1, 0.15) is 56.2 Å². The summed E-state index contributed by atoms with van der Waals surface area (Å²) < 4.78 is 0. The van der Waals surface area contributed by atoms with Gasteiger partial charge in [-0.25, -0.2) is 4.98 Å². The van der Waals surface area contributed by atoms with Crippen molar-refractivity contribution in [2.24, 2.45) is 5.92 Å². The molecule has 0 aliphatic rings. The first-order valence-corrected chi connectivity index (χ1v) is 8.85. The highest BCUT2D eigenvalue weighted by atomic mass is 32.1. The number of nitrogens with one attached hydrogen (secondary N) is 1. The van der Waals surface area contributed by atoms with Crippen LogP contribution >= 0.6 is 22.7 Å². The average molecular weight is 309 g/mol. The molecule has 0 spiro atoms. The van der Waals surface area contributed by atoms with Crippen molar-refractivity contribution in [3.05, 3.63) is 38.5 Å². The highest BCUT2D eigenvalue weighted by molar-refractivity contribution is 7.10. The molecule has 2 aromatic rings. The van der Waals surface area contributed by atoms with Crippen LogP contribution in [0.5, 0.6) is 0 Å². The Morgan fingerprint density at radius 2 is 2.00 bits per heavy atom. The molecule has 0 aliphatic carbocycles. The third-order valence-corrected chi connectivity index (χ3v) is 5.11. The number of hydrogen-bond donors (Lipinski definition) is 1. The summed E-state index contributed by atoms with van der Waals surface area (Å²) in [7, 11) is 0. The van der Waals surface area contributed by atoms with E-state index in [1.165, 1.54) is 15.6 Å². The predicted octanol–water partition coefficient (Wildman–Crippen LogP) is 4.99. The average Bonchev–Trinajstić information content (AvgIpc) is 2.97. The number of thiophene rings is 1. The predicted molar refractivity (Wildman–Crippen MR) is 89.6 cm³/mol. The van der Waals surface area contributed by atoms with Gasteiger partial charge in [0.25, 0.3) is 0 Å². The van der Waals surface area contributed by atoms with Gasteiger partial charge < -0.3 is 5.32 Å². The molecule has 0 saturated heterocycles. The Morgan fingerprint density at radius 3 is 2.50 bits per heavy atom. The molecule has 0 aromatic carbocycles. The van der Waals surface area contributed by atoms with Crippen molar-refractivity contribution in [3.8, 4) is 0 Å². The van der Waals surface area contributed by atoms with Crippen LogP contribution in [-0.4, -0.2) is 4.98 Å². The molecule has 110 valence electrons. The number of thiazole rings is 1. The van der Waals surface area contributed by atoms with Crippen molar-refractivity contribution in [2.75, 3.05) is 0 Å². The smallest absolute Gasteiger partial charge is 0.107 e. The molecule has 1 atom stereocenters. The summed E-state index contributed by atoms with van der Waals surface area (Å²) in [5.41, 5.74) is 1.33. The fourth-order valence-electron chi connectivity index (χ4n) is 2.07. The molecule has 0 saturated carbocycles. The van der Waals surface area contributed by atoms with Gasteiger partial charge in [-0.1, -0.05) is 40.7 Å². The lowest BCUT2D eigenvalue weighted by Gasteiger charge is -2.20. The second kappa shape index (κ2) is 6.37. The molecule has 2 aromatic heterocycles. The minimum Gasteiger partial charge on any atom is -0.303 e. The zero-order valence-corrected chi connectivity index (χ0v) is 14.6. The van der Waals surface area contributed by atoms with E-state index in [9.17, 15) is 0 Å². The first-order chi connectivity index (χ1) is 9.38. The van der Waals surface area contributed by atoms with E-state index < -0.39 is 0 Å². The van der Waals surface area contributed by atoms with Gasteiger partial charge in [-0.2, -0.15) is 0 Å². The van der Waals surface area contributed by atoms with Gasteiger partial charge in [0.05, 0.1) is 5.69 Å². The monoisotopic (exact) mass is 308 g/mol. The fourth-order valence-corrected chi connectivity index (χ4v) is 4.01. The van der Waals surface area contributed by atoms with Gasteiger partial charge >= 0.3 is 0 Å². The van der Waals surface area contributed by atoms with E-state index in [2.05, 4.69) is 62.8 Å². The van der Waals surface area contributed by atoms with Crippen LogP contribution < -0.4 is 5.32 Å². The highest BCUT2D eigenvalue weighted by Gasteiger charge is 2.19. The largest absolute Gasteiger partial charge is 0.303 e. The van der Waals surface area contributed by atoms with Gasteiger partial charge in [0, 0.05) is 28.3 Å². The van der Waals surface area contributed by atoms with Crippen molar-refractivity contribution in [2.45, 2.75) is 52.6 Å². The van der Waals surface area contributed by atoms with Gasteiger partial charge in [-0.05, 0) is 17.4 Å². The number of nitrogens with zero attached hydrogens (tertiary/aromatic N) is 1. The zero-order valence-electron chi connectivity index (χ0n) is 12.9. The summed E-state index contributed by atoms with van der Waals surface area (Å²) >= 11 is 3.58. The molecule has 1 N–H and O–H groups in total. The quantitative estimate of drug-likeness (QED) is 0.841. The summed E-state index contributed by atoms with van der Waals surface area (Å²) in [6.45, 7) is 12.0. The highest BCUT2D eigenvalue weighted by Crippen LogP contribution is 2.27. The van der Waals surface area contributed by atoms with Crippen LogP contribution in [0.2, 0.25) is 0 Å². The molecule has 2 nitrogen and oxygen atoms in total. The van der Waals surface area contributed by atoms with Gasteiger partial charge in [-0.15, -0.1) is 22.7 Å². The maximum Gasteiger partial charge on any atom is 0.107 e. The molecule has 0 amide bonds. The summed E-state index contributed by atoms with van der Waals surface area (Å²) in [5.74, 6) is 0.579. The third kappa shape index (κ3) is 3.90. The van der Waals surface area contributed by atoms with Crippen molar-refractivity contribution in [3.63, 3.8) is 0 Å². The van der Waals surface area contributed by atoms with E-state index >= 15 is 0 Å². The molecular weight excluding hydrogens is 284 g/mol. The van der Waals surface area contributed by atoms with Crippen LogP contribution in [0, 0.1) is 5.92 Å². The third-order valence-electron chi connectivity index (χ3n) is 3.31. The Balaban J connectivity index is 2.01. The van der Waals surface area contributed by atoms with Gasteiger partial charge in [0.2, 0.25) is 0 Å². The van der Waals surface area contributed by atoms with E-state index in [1.54, 1.807) is 11.3 Å². The Morgan fingerprint density at radius 1 is 1.25 bits per heavy atom. The van der Waals surface area contributed by atoms with E-state index in [0.29, 0.717) is 12.0 Å². The van der Waals surface area contributed by atoms with Crippen molar-refractivity contribution in [1.29, 1.82) is 0 Å². The normalized spacial score (nSPS) is 13.9. The van der Waals surface area contributed by atoms with Crippen LogP contribution in [0.15, 0.2) is 22.9 Å². The van der Waals surface area contributed by atoms with Crippen LogP contribution in [0.25, 0.3) is 0 Å². The van der Waals surface area contributed by atoms with Crippen molar-refractivity contribution < 1.29 is 0 Å². The van der Waals surface area contributed by atoms with Crippen molar-refractivity contribution in [1.82, 2.24) is 10.3 Å². The molecule has 0 radical (unpaired) electrons. The summed E-state index contributed by atoms with van der Waals surface area (Å²) in [5, 5.41) is 9.17. The molecule has 0 aliphatic heterocycles. The maximum atomic E-state index is 4.75. The lowest BCUT2D eigenvalue weighted by Crippen LogP contribution is -2.24. The lowest BCUT2D eigenvalue weighted by molar-refractivity contribution is 0.415. The maximum absolute atomic E-state index is 4.75. The van der Waals surface area contributed by atoms with E-state index in [0.717, 1.165) is 6.54 Å². The Bertz CT molecular complexity index is 521. The van der Waals surface area contributed by atoms with Gasteiger partial charge in [0.1, 0.15) is 5.01 Å². The second-order valence-corrected chi connectivity index (χ2v) is 8.42. The number of aromatic nitrogens is 1. The Labute approximate surface area is 130 Å². The van der Waals surface area contributed by atoms with Gasteiger partial charge in [-0.3, -0.25) is 0 Å². The molecule has 0 bridgehead atoms. The molecule has 2 rings (SSSR count). The fraction of sp³-hybridized carbons (Fsp3) is 0.562. The SMILES string of the molecule is CC(C)C(NCc1nc(C(C)(C)C)cs1)c1cccs1. The Hall–Kier alpha value is -0.710. The standard InChI is InChI=1S/C16H24N2S2/c1-11(2)15(12-7-6-8-19-12)17-9-14-18-13(10-20-14)16(3,4)5/h6-8,10-11,15,17H,9H2,1-5H3. The second-order valence-electron chi connectivity index (χ2n) is 6.49. The summed E-state index contributed by atoms with van der Waals surface area (Å²) in [6.07, 6.45) is 0. The van der Waals surface area contributed by atoms with E-state index in [4.69, 9.17) is 4.98 Å². The Kier molecular flexibility index (Phi) is 4.99. The van der Waals surface area contributed by atoms with Gasteiger partial charge in [0.15, 0.2) is 0 Å². The number of hydrogen-bond acceptors (Lipinski definition) is 4. The van der Waals surface area contributed by atoms with Crippen LogP contribution in [0.4, 0.5) is 0 Å². The first kappa shape index (κ1) is 15.7. The van der Waals surface area contributed by atoms with E-state index in [-0.39, 0.29) is 5.41 Å². The molecular formula is C16H24N2S2. The molecule has 1 unspecified atom stereocenters. The minimum absolute atomic E-state index is 0.139. The van der Waals surface area contributed by atoms with Crippen LogP contribution in [0.3, 0.4) is 0 Å². The van der Waals surface area contributed by atoms with E-state index in [1.807, 2.05) is 11.3 Å². The molecule has 2 heterocycles. The zero-order chi connectivity index (χ0) is 14.8. The number of rotatable bonds is 5. The minimum atomic E-state index is 0.139. The lowest BCUT2D eigenvalue weighted by atomic mass is 9.93. The van der Waals surface area contributed by atoms with Crippen LogP contribution in [-0.2, 0) is 12.0 Å². The summed E-state index contributed by atoms with van der Waals surface area (Å²) in [4.78, 5) is 6.16. The van der Waals surface area contributed by atoms with Crippen molar-refractivity contribution >= 4 is 22.7 Å². The molecule has 0 fully saturated rings. The molecule has 20 heavy (non-hydrogen) atoms. The topological polar surface area (TPSA) is 24.9 Å².